The fraction of sp³-hybridized carbons (Fsp3) is 0.600. The summed E-state index contributed by atoms with van der Waals surface area (Å²) in [5.41, 5.74) is 0.0333. The van der Waals surface area contributed by atoms with E-state index in [1.165, 1.54) is 0 Å². The molecule has 0 aromatic heterocycles. The molecule has 0 radical (unpaired) electrons. The number of nitrogens with one attached hydrogen (secondary N) is 2. The van der Waals surface area contributed by atoms with Crippen LogP contribution in [0.5, 0.6) is 0 Å². The molecule has 1 aromatic carbocycles. The fourth-order valence-electron chi connectivity index (χ4n) is 2.53. The maximum absolute atomic E-state index is 12.6. The molecular weight excluding hydrogens is 373 g/mol. The Bertz CT molecular complexity index is 640. The van der Waals surface area contributed by atoms with Crippen LogP contribution in [-0.4, -0.2) is 42.3 Å². The first-order valence-electron chi connectivity index (χ1n) is 9.16. The molecule has 5 nitrogen and oxygen atoms in total. The Kier molecular flexibility index (Phi) is 8.48. The molecule has 0 saturated carbocycles. The smallest absolute Gasteiger partial charge is 0.401 e. The largest absolute Gasteiger partial charge is 0.458 e. The van der Waals surface area contributed by atoms with Gasteiger partial charge in [-0.3, -0.25) is 10.1 Å². The van der Waals surface area contributed by atoms with Crippen LogP contribution >= 0.6 is 0 Å². The average molecular weight is 402 g/mol. The molecule has 1 rings (SSSR count). The van der Waals surface area contributed by atoms with Gasteiger partial charge in [0.15, 0.2) is 0 Å². The lowest BCUT2D eigenvalue weighted by atomic mass is 10.0. The van der Waals surface area contributed by atoms with Crippen molar-refractivity contribution in [1.29, 1.82) is 0 Å². The maximum Gasteiger partial charge on any atom is 0.401 e. The normalized spacial score (nSPS) is 14.5. The highest BCUT2D eigenvalue weighted by Crippen LogP contribution is 2.15. The van der Waals surface area contributed by atoms with E-state index in [9.17, 15) is 22.8 Å². The molecule has 0 bridgehead atoms. The van der Waals surface area contributed by atoms with Crippen molar-refractivity contribution in [3.63, 3.8) is 0 Å². The topological polar surface area (TPSA) is 67.4 Å². The predicted octanol–water partition coefficient (Wildman–Crippen LogP) is 3.23. The van der Waals surface area contributed by atoms with Crippen molar-refractivity contribution in [2.75, 3.05) is 6.54 Å². The number of rotatable bonds is 8. The number of ether oxygens (including phenoxy) is 1. The number of hydrogen-bond donors (Lipinski definition) is 2. The van der Waals surface area contributed by atoms with E-state index in [0.29, 0.717) is 0 Å². The van der Waals surface area contributed by atoms with Gasteiger partial charge in [0.25, 0.3) is 0 Å². The molecule has 1 unspecified atom stereocenters. The van der Waals surface area contributed by atoms with Crippen molar-refractivity contribution in [1.82, 2.24) is 10.6 Å². The Labute approximate surface area is 164 Å². The van der Waals surface area contributed by atoms with Gasteiger partial charge < -0.3 is 10.1 Å². The summed E-state index contributed by atoms with van der Waals surface area (Å²) in [4.78, 5) is 25.2. The van der Waals surface area contributed by atoms with Crippen LogP contribution in [0.1, 0.15) is 40.2 Å². The second-order valence-electron chi connectivity index (χ2n) is 8.00. The highest BCUT2D eigenvalue weighted by molar-refractivity contribution is 5.88. The van der Waals surface area contributed by atoms with Crippen LogP contribution in [0.4, 0.5) is 13.2 Å². The van der Waals surface area contributed by atoms with Crippen LogP contribution < -0.4 is 10.6 Å². The van der Waals surface area contributed by atoms with Gasteiger partial charge in [0.2, 0.25) is 5.91 Å². The number of alkyl halides is 3. The first kappa shape index (κ1) is 23.9. The van der Waals surface area contributed by atoms with Crippen molar-refractivity contribution in [2.45, 2.75) is 64.9 Å². The third-order valence-corrected chi connectivity index (χ3v) is 3.76. The van der Waals surface area contributed by atoms with Gasteiger partial charge in [0.05, 0.1) is 12.6 Å². The van der Waals surface area contributed by atoms with Crippen LogP contribution in [0.3, 0.4) is 0 Å². The van der Waals surface area contributed by atoms with E-state index in [2.05, 4.69) is 10.6 Å². The first-order valence-corrected chi connectivity index (χ1v) is 9.16. The summed E-state index contributed by atoms with van der Waals surface area (Å²) in [5, 5.41) is 4.79. The highest BCUT2D eigenvalue weighted by Gasteiger charge is 2.34. The minimum absolute atomic E-state index is 0.172. The molecule has 0 aliphatic rings. The van der Waals surface area contributed by atoms with Gasteiger partial charge in [-0.2, -0.15) is 13.2 Å². The lowest BCUT2D eigenvalue weighted by Gasteiger charge is -2.28. The zero-order valence-corrected chi connectivity index (χ0v) is 16.9. The van der Waals surface area contributed by atoms with Gasteiger partial charge in [-0.25, -0.2) is 4.79 Å². The van der Waals surface area contributed by atoms with Gasteiger partial charge in [-0.15, -0.1) is 0 Å². The summed E-state index contributed by atoms with van der Waals surface area (Å²) in [7, 11) is 0. The Hall–Kier alpha value is -2.09. The molecule has 0 aliphatic heterocycles. The quantitative estimate of drug-likeness (QED) is 0.655. The summed E-state index contributed by atoms with van der Waals surface area (Å²) in [6, 6.07) is 6.90. The summed E-state index contributed by atoms with van der Waals surface area (Å²) >= 11 is 0. The van der Waals surface area contributed by atoms with Crippen molar-refractivity contribution >= 4 is 11.9 Å². The van der Waals surface area contributed by atoms with Gasteiger partial charge in [0, 0.05) is 6.42 Å². The monoisotopic (exact) mass is 402 g/mol. The number of hydrogen-bond acceptors (Lipinski definition) is 4. The average Bonchev–Trinajstić information content (AvgIpc) is 2.52. The predicted molar refractivity (Wildman–Crippen MR) is 101 cm³/mol. The number of amides is 1. The van der Waals surface area contributed by atoms with Crippen molar-refractivity contribution in [3.05, 3.63) is 35.9 Å². The molecule has 8 heteroatoms. The van der Waals surface area contributed by atoms with E-state index in [1.807, 2.05) is 6.07 Å². The minimum Gasteiger partial charge on any atom is -0.458 e. The number of halogens is 3. The third kappa shape index (κ3) is 9.21. The molecule has 2 N–H and O–H groups in total. The molecule has 158 valence electrons. The molecule has 0 fully saturated rings. The Morgan fingerprint density at radius 3 is 2.11 bits per heavy atom. The van der Waals surface area contributed by atoms with Crippen molar-refractivity contribution in [3.8, 4) is 0 Å². The van der Waals surface area contributed by atoms with E-state index in [4.69, 9.17) is 4.74 Å². The second kappa shape index (κ2) is 9.91. The number of carbonyl (C=O) groups excluding carboxylic acids is 2. The second-order valence-corrected chi connectivity index (χ2v) is 8.00. The molecule has 0 heterocycles. The van der Waals surface area contributed by atoms with E-state index in [-0.39, 0.29) is 6.42 Å². The SMILES string of the molecule is CC(C)[C@H](NCC(F)(F)F)C(=O)NC(Cc1ccccc1)C(=O)OC(C)(C)C. The van der Waals surface area contributed by atoms with E-state index in [1.54, 1.807) is 58.9 Å². The van der Waals surface area contributed by atoms with Crippen LogP contribution in [0.25, 0.3) is 0 Å². The summed E-state index contributed by atoms with van der Waals surface area (Å²) < 4.78 is 43.0. The number of esters is 1. The summed E-state index contributed by atoms with van der Waals surface area (Å²) in [6.45, 7) is 7.08. The number of benzene rings is 1. The van der Waals surface area contributed by atoms with Crippen LogP contribution in [0, 0.1) is 5.92 Å². The summed E-state index contributed by atoms with van der Waals surface area (Å²) in [6.07, 6.45) is -4.27. The molecule has 0 spiro atoms. The van der Waals surface area contributed by atoms with Crippen LogP contribution in [0.15, 0.2) is 30.3 Å². The first-order chi connectivity index (χ1) is 12.8. The standard InChI is InChI=1S/C20H29F3N2O3/c1-13(2)16(24-12-20(21,22)23)17(26)25-15(18(27)28-19(3,4)5)11-14-9-7-6-8-10-14/h6-10,13,15-16,24H,11-12H2,1-5H3,(H,25,26)/t15?,16-/m0/s1. The van der Waals surface area contributed by atoms with E-state index < -0.39 is 48.2 Å². The molecule has 0 aliphatic carbocycles. The van der Waals surface area contributed by atoms with E-state index in [0.717, 1.165) is 5.56 Å². The van der Waals surface area contributed by atoms with Gasteiger partial charge in [-0.05, 0) is 32.3 Å². The molecular formula is C20H29F3N2O3. The molecule has 0 saturated heterocycles. The minimum atomic E-state index is -4.44. The van der Waals surface area contributed by atoms with Gasteiger partial charge in [0.1, 0.15) is 11.6 Å². The van der Waals surface area contributed by atoms with Gasteiger partial charge >= 0.3 is 12.1 Å². The molecule has 1 aromatic rings. The zero-order valence-electron chi connectivity index (χ0n) is 16.9. The Morgan fingerprint density at radius 1 is 1.07 bits per heavy atom. The molecule has 28 heavy (non-hydrogen) atoms. The lowest BCUT2D eigenvalue weighted by Crippen LogP contribution is -2.55. The Morgan fingerprint density at radius 2 is 1.64 bits per heavy atom. The molecule has 2 atom stereocenters. The third-order valence-electron chi connectivity index (χ3n) is 3.76. The fourth-order valence-corrected chi connectivity index (χ4v) is 2.53. The van der Waals surface area contributed by atoms with Crippen LogP contribution in [-0.2, 0) is 20.7 Å². The van der Waals surface area contributed by atoms with Crippen molar-refractivity contribution < 1.29 is 27.5 Å². The van der Waals surface area contributed by atoms with Crippen LogP contribution in [0.2, 0.25) is 0 Å². The Balaban J connectivity index is 2.95. The highest BCUT2D eigenvalue weighted by atomic mass is 19.4. The zero-order chi connectivity index (χ0) is 21.5. The van der Waals surface area contributed by atoms with Gasteiger partial charge in [-0.1, -0.05) is 44.2 Å². The van der Waals surface area contributed by atoms with E-state index >= 15 is 0 Å². The van der Waals surface area contributed by atoms with Crippen molar-refractivity contribution in [2.24, 2.45) is 5.92 Å². The summed E-state index contributed by atoms with van der Waals surface area (Å²) in [5.74, 6) is -1.72. The maximum atomic E-state index is 12.6. The number of carbonyl (C=O) groups is 2. The lowest BCUT2D eigenvalue weighted by molar-refractivity contribution is -0.159. The molecule has 1 amide bonds.